The standard InChI is InChI=1S/C19H19FN4OS/c1-13-10-18(26-12-17(25)23-8-2-3-9-23)24-19(22-13)16(11-21-24)14-4-6-15(20)7-5-14/h4-7,10-11H,2-3,8-9,12H2,1H3. The number of benzene rings is 1. The molecule has 1 fully saturated rings. The molecular weight excluding hydrogens is 351 g/mol. The van der Waals surface area contributed by atoms with Gasteiger partial charge in [0.05, 0.1) is 11.9 Å². The number of fused-ring (bicyclic) bond motifs is 1. The van der Waals surface area contributed by atoms with Crippen molar-refractivity contribution in [1.29, 1.82) is 0 Å². The van der Waals surface area contributed by atoms with Crippen LogP contribution in [0.3, 0.4) is 0 Å². The lowest BCUT2D eigenvalue weighted by Gasteiger charge is -2.15. The fraction of sp³-hybridized carbons (Fsp3) is 0.316. The number of amides is 1. The highest BCUT2D eigenvalue weighted by Gasteiger charge is 2.19. The van der Waals surface area contributed by atoms with E-state index in [9.17, 15) is 9.18 Å². The van der Waals surface area contributed by atoms with Gasteiger partial charge in [-0.3, -0.25) is 4.79 Å². The summed E-state index contributed by atoms with van der Waals surface area (Å²) in [6, 6.07) is 8.24. The fourth-order valence-corrected chi connectivity index (χ4v) is 4.14. The van der Waals surface area contributed by atoms with E-state index in [1.807, 2.05) is 17.9 Å². The normalized spacial score (nSPS) is 14.3. The van der Waals surface area contributed by atoms with Crippen LogP contribution < -0.4 is 0 Å². The monoisotopic (exact) mass is 370 g/mol. The molecular formula is C19H19FN4OS. The zero-order chi connectivity index (χ0) is 18.1. The molecule has 1 amide bonds. The van der Waals surface area contributed by atoms with E-state index in [4.69, 9.17) is 0 Å². The van der Waals surface area contributed by atoms with E-state index in [0.717, 1.165) is 47.8 Å². The van der Waals surface area contributed by atoms with Crippen LogP contribution in [0.1, 0.15) is 18.5 Å². The summed E-state index contributed by atoms with van der Waals surface area (Å²) in [5, 5.41) is 5.33. The Morgan fingerprint density at radius 1 is 1.23 bits per heavy atom. The summed E-state index contributed by atoms with van der Waals surface area (Å²) >= 11 is 1.48. The molecule has 1 aliphatic rings. The summed E-state index contributed by atoms with van der Waals surface area (Å²) in [5.41, 5.74) is 3.29. The molecule has 2 aromatic heterocycles. The lowest BCUT2D eigenvalue weighted by molar-refractivity contribution is -0.127. The molecule has 3 aromatic rings. The molecule has 4 rings (SSSR count). The molecule has 0 saturated carbocycles. The first-order valence-electron chi connectivity index (χ1n) is 8.64. The largest absolute Gasteiger partial charge is 0.342 e. The van der Waals surface area contributed by atoms with Crippen molar-refractivity contribution in [3.63, 3.8) is 0 Å². The molecule has 1 aromatic carbocycles. The van der Waals surface area contributed by atoms with Crippen LogP contribution in [0.25, 0.3) is 16.8 Å². The van der Waals surface area contributed by atoms with Gasteiger partial charge in [0.25, 0.3) is 0 Å². The molecule has 0 spiro atoms. The predicted molar refractivity (Wildman–Crippen MR) is 99.7 cm³/mol. The Labute approximate surface area is 155 Å². The van der Waals surface area contributed by atoms with Gasteiger partial charge in [-0.05, 0) is 43.5 Å². The third-order valence-electron chi connectivity index (χ3n) is 4.52. The average Bonchev–Trinajstić information content (AvgIpc) is 3.30. The van der Waals surface area contributed by atoms with Crippen LogP contribution >= 0.6 is 11.8 Å². The van der Waals surface area contributed by atoms with Crippen molar-refractivity contribution in [3.8, 4) is 11.1 Å². The molecule has 1 saturated heterocycles. The predicted octanol–water partition coefficient (Wildman–Crippen LogP) is 3.56. The second-order valence-corrected chi connectivity index (χ2v) is 7.41. The van der Waals surface area contributed by atoms with Crippen molar-refractivity contribution < 1.29 is 9.18 Å². The second-order valence-electron chi connectivity index (χ2n) is 6.41. The van der Waals surface area contributed by atoms with Crippen LogP contribution in [0.2, 0.25) is 0 Å². The van der Waals surface area contributed by atoms with E-state index in [-0.39, 0.29) is 11.7 Å². The molecule has 0 aliphatic carbocycles. The van der Waals surface area contributed by atoms with E-state index in [1.165, 1.54) is 23.9 Å². The quantitative estimate of drug-likeness (QED) is 0.520. The SMILES string of the molecule is Cc1cc(SCC(=O)N2CCCC2)n2ncc(-c3ccc(F)cc3)c2n1. The summed E-state index contributed by atoms with van der Waals surface area (Å²) in [5.74, 6) is 0.289. The lowest BCUT2D eigenvalue weighted by Crippen LogP contribution is -2.29. The first-order chi connectivity index (χ1) is 12.6. The topological polar surface area (TPSA) is 50.5 Å². The Morgan fingerprint density at radius 3 is 2.69 bits per heavy atom. The molecule has 3 heterocycles. The summed E-state index contributed by atoms with van der Waals surface area (Å²) < 4.78 is 15.0. The Kier molecular flexibility index (Phi) is 4.63. The number of hydrogen-bond acceptors (Lipinski definition) is 4. The molecule has 0 radical (unpaired) electrons. The Bertz CT molecular complexity index is 948. The van der Waals surface area contributed by atoms with Gasteiger partial charge < -0.3 is 4.90 Å². The molecule has 5 nitrogen and oxygen atoms in total. The number of aryl methyl sites for hydroxylation is 1. The van der Waals surface area contributed by atoms with Crippen LogP contribution in [-0.2, 0) is 4.79 Å². The van der Waals surface area contributed by atoms with Crippen molar-refractivity contribution >= 4 is 23.3 Å². The number of rotatable bonds is 4. The van der Waals surface area contributed by atoms with E-state index < -0.39 is 0 Å². The maximum Gasteiger partial charge on any atom is 0.232 e. The number of likely N-dealkylation sites (tertiary alicyclic amines) is 1. The van der Waals surface area contributed by atoms with Gasteiger partial charge in [-0.15, -0.1) is 0 Å². The van der Waals surface area contributed by atoms with E-state index >= 15 is 0 Å². The first kappa shape index (κ1) is 17.0. The van der Waals surface area contributed by atoms with Crippen LogP contribution in [0.15, 0.2) is 41.6 Å². The van der Waals surface area contributed by atoms with Gasteiger partial charge in [-0.1, -0.05) is 23.9 Å². The fourth-order valence-electron chi connectivity index (χ4n) is 3.18. The minimum absolute atomic E-state index is 0.168. The third-order valence-corrected chi connectivity index (χ3v) is 5.50. The molecule has 134 valence electrons. The highest BCUT2D eigenvalue weighted by atomic mass is 32.2. The maximum absolute atomic E-state index is 13.2. The zero-order valence-corrected chi connectivity index (χ0v) is 15.3. The van der Waals surface area contributed by atoms with Crippen LogP contribution in [0.4, 0.5) is 4.39 Å². The third kappa shape index (κ3) is 3.31. The molecule has 0 N–H and O–H groups in total. The summed E-state index contributed by atoms with van der Waals surface area (Å²) in [7, 11) is 0. The molecule has 0 bridgehead atoms. The van der Waals surface area contributed by atoms with Gasteiger partial charge in [0.2, 0.25) is 5.91 Å². The first-order valence-corrected chi connectivity index (χ1v) is 9.62. The van der Waals surface area contributed by atoms with Crippen molar-refractivity contribution in [2.75, 3.05) is 18.8 Å². The van der Waals surface area contributed by atoms with E-state index in [2.05, 4.69) is 10.1 Å². The van der Waals surface area contributed by atoms with Crippen molar-refractivity contribution in [3.05, 3.63) is 48.0 Å². The molecule has 0 atom stereocenters. The van der Waals surface area contributed by atoms with Gasteiger partial charge >= 0.3 is 0 Å². The van der Waals surface area contributed by atoms with Crippen LogP contribution in [0, 0.1) is 12.7 Å². The highest BCUT2D eigenvalue weighted by molar-refractivity contribution is 7.99. The Balaban J connectivity index is 1.63. The maximum atomic E-state index is 13.2. The molecule has 26 heavy (non-hydrogen) atoms. The van der Waals surface area contributed by atoms with Gasteiger partial charge in [-0.25, -0.2) is 13.9 Å². The number of thioether (sulfide) groups is 1. The van der Waals surface area contributed by atoms with Gasteiger partial charge in [0.1, 0.15) is 10.8 Å². The lowest BCUT2D eigenvalue weighted by atomic mass is 10.1. The Morgan fingerprint density at radius 2 is 1.96 bits per heavy atom. The van der Waals surface area contributed by atoms with Gasteiger partial charge in [0, 0.05) is 24.3 Å². The minimum atomic E-state index is -0.272. The Hall–Kier alpha value is -2.41. The molecule has 0 unspecified atom stereocenters. The number of halogens is 1. The number of nitrogens with zero attached hydrogens (tertiary/aromatic N) is 4. The van der Waals surface area contributed by atoms with Gasteiger partial charge in [0.15, 0.2) is 5.65 Å². The number of hydrogen-bond donors (Lipinski definition) is 0. The molecule has 7 heteroatoms. The van der Waals surface area contributed by atoms with Gasteiger partial charge in [-0.2, -0.15) is 5.10 Å². The summed E-state index contributed by atoms with van der Waals surface area (Å²) in [6.45, 7) is 3.65. The van der Waals surface area contributed by atoms with E-state index in [0.29, 0.717) is 11.4 Å². The van der Waals surface area contributed by atoms with Crippen LogP contribution in [0.5, 0.6) is 0 Å². The highest BCUT2D eigenvalue weighted by Crippen LogP contribution is 2.28. The number of carbonyl (C=O) groups is 1. The zero-order valence-electron chi connectivity index (χ0n) is 14.5. The average molecular weight is 370 g/mol. The smallest absolute Gasteiger partial charge is 0.232 e. The van der Waals surface area contributed by atoms with Crippen LogP contribution in [-0.4, -0.2) is 44.2 Å². The minimum Gasteiger partial charge on any atom is -0.342 e. The second kappa shape index (κ2) is 7.07. The number of carbonyl (C=O) groups excluding carboxylic acids is 1. The van der Waals surface area contributed by atoms with E-state index in [1.54, 1.807) is 22.8 Å². The van der Waals surface area contributed by atoms with Crippen molar-refractivity contribution in [2.24, 2.45) is 0 Å². The van der Waals surface area contributed by atoms with Crippen molar-refractivity contribution in [2.45, 2.75) is 24.8 Å². The summed E-state index contributed by atoms with van der Waals surface area (Å²) in [4.78, 5) is 18.8. The van der Waals surface area contributed by atoms with Crippen molar-refractivity contribution in [1.82, 2.24) is 19.5 Å². The number of aromatic nitrogens is 3. The summed E-state index contributed by atoms with van der Waals surface area (Å²) in [6.07, 6.45) is 3.92. The molecule has 1 aliphatic heterocycles.